The molecule has 0 heterocycles. The van der Waals surface area contributed by atoms with Crippen LogP contribution in [-0.2, 0) is 14.3 Å². The second-order valence-corrected chi connectivity index (χ2v) is 4.06. The average molecular weight is 266 g/mol. The second-order valence-electron chi connectivity index (χ2n) is 4.06. The molecule has 0 aliphatic carbocycles. The first-order valence-electron chi connectivity index (χ1n) is 6.34. The molecule has 1 aromatic carbocycles. The van der Waals surface area contributed by atoms with Crippen LogP contribution in [0.5, 0.6) is 0 Å². The van der Waals surface area contributed by atoms with E-state index >= 15 is 0 Å². The fourth-order valence-electron chi connectivity index (χ4n) is 1.69. The minimum absolute atomic E-state index is 0.123. The molecule has 0 radical (unpaired) electrons. The lowest BCUT2D eigenvalue weighted by atomic mass is 10.1. The van der Waals surface area contributed by atoms with E-state index in [1.807, 2.05) is 30.3 Å². The Morgan fingerprint density at radius 3 is 2.53 bits per heavy atom. The molecule has 1 atom stereocenters. The molecule has 1 unspecified atom stereocenters. The summed E-state index contributed by atoms with van der Waals surface area (Å²) in [5.41, 5.74) is 0.856. The van der Waals surface area contributed by atoms with E-state index in [0.29, 0.717) is 19.7 Å². The second kappa shape index (κ2) is 9.49. The molecule has 0 saturated heterocycles. The summed E-state index contributed by atoms with van der Waals surface area (Å²) >= 11 is 0. The lowest BCUT2D eigenvalue weighted by molar-refractivity contribution is -0.131. The summed E-state index contributed by atoms with van der Waals surface area (Å²) in [6.07, 6.45) is -0.555. The number of rotatable bonds is 9. The number of carbonyl (C=O) groups is 1. The molecular weight excluding hydrogens is 244 g/mol. The van der Waals surface area contributed by atoms with Crippen molar-refractivity contribution >= 4 is 5.91 Å². The normalized spacial score (nSPS) is 12.1. The summed E-state index contributed by atoms with van der Waals surface area (Å²) in [7, 11) is 3.20. The van der Waals surface area contributed by atoms with Crippen LogP contribution in [0.15, 0.2) is 30.3 Å². The Hall–Kier alpha value is -1.43. The van der Waals surface area contributed by atoms with Gasteiger partial charge in [-0.25, -0.2) is 0 Å². The molecule has 106 valence electrons. The van der Waals surface area contributed by atoms with Crippen LogP contribution in [0, 0.1) is 0 Å². The summed E-state index contributed by atoms with van der Waals surface area (Å²) in [5, 5.41) is 6.00. The fraction of sp³-hybridized carbons (Fsp3) is 0.500. The standard InChI is InChI=1S/C14H22N2O3/c1-18-11-10-15-8-9-16-14(17)13(19-2)12-6-4-3-5-7-12/h3-7,13,15H,8-11H2,1-2H3,(H,16,17). The Labute approximate surface area is 114 Å². The van der Waals surface area contributed by atoms with Gasteiger partial charge in [-0.15, -0.1) is 0 Å². The van der Waals surface area contributed by atoms with Gasteiger partial charge in [0.25, 0.3) is 5.91 Å². The van der Waals surface area contributed by atoms with E-state index in [0.717, 1.165) is 12.1 Å². The molecule has 0 aromatic heterocycles. The van der Waals surface area contributed by atoms with Crippen molar-refractivity contribution in [2.45, 2.75) is 6.10 Å². The van der Waals surface area contributed by atoms with Gasteiger partial charge in [0.1, 0.15) is 0 Å². The molecular formula is C14H22N2O3. The highest BCUT2D eigenvalue weighted by Crippen LogP contribution is 2.15. The Morgan fingerprint density at radius 2 is 1.89 bits per heavy atom. The molecule has 5 heteroatoms. The summed E-state index contributed by atoms with van der Waals surface area (Å²) in [6.45, 7) is 2.72. The van der Waals surface area contributed by atoms with Crippen molar-refractivity contribution in [1.29, 1.82) is 0 Å². The van der Waals surface area contributed by atoms with Gasteiger partial charge in [-0.05, 0) is 5.56 Å². The first kappa shape index (κ1) is 15.6. The first-order valence-corrected chi connectivity index (χ1v) is 6.34. The number of methoxy groups -OCH3 is 2. The number of benzene rings is 1. The van der Waals surface area contributed by atoms with Crippen LogP contribution in [0.4, 0.5) is 0 Å². The Balaban J connectivity index is 2.31. The molecule has 5 nitrogen and oxygen atoms in total. The van der Waals surface area contributed by atoms with E-state index in [2.05, 4.69) is 10.6 Å². The quantitative estimate of drug-likeness (QED) is 0.647. The smallest absolute Gasteiger partial charge is 0.253 e. The number of carbonyl (C=O) groups excluding carboxylic acids is 1. The predicted octanol–water partition coefficient (Wildman–Crippen LogP) is 0.726. The zero-order valence-electron chi connectivity index (χ0n) is 11.5. The summed E-state index contributed by atoms with van der Waals surface area (Å²) in [6, 6.07) is 9.45. The van der Waals surface area contributed by atoms with E-state index < -0.39 is 6.10 Å². The maximum absolute atomic E-state index is 12.0. The minimum Gasteiger partial charge on any atom is -0.383 e. The first-order chi connectivity index (χ1) is 9.29. The number of hydrogen-bond donors (Lipinski definition) is 2. The molecule has 0 fully saturated rings. The number of ether oxygens (including phenoxy) is 2. The Kier molecular flexibility index (Phi) is 7.81. The van der Waals surface area contributed by atoms with E-state index in [1.54, 1.807) is 7.11 Å². The lowest BCUT2D eigenvalue weighted by Gasteiger charge is -2.15. The van der Waals surface area contributed by atoms with Gasteiger partial charge < -0.3 is 20.1 Å². The number of hydrogen-bond acceptors (Lipinski definition) is 4. The molecule has 2 N–H and O–H groups in total. The predicted molar refractivity (Wildman–Crippen MR) is 73.9 cm³/mol. The molecule has 1 amide bonds. The summed E-state index contributed by atoms with van der Waals surface area (Å²) in [4.78, 5) is 12.0. The van der Waals surface area contributed by atoms with E-state index in [4.69, 9.17) is 9.47 Å². The van der Waals surface area contributed by atoms with E-state index in [9.17, 15) is 4.79 Å². The van der Waals surface area contributed by atoms with Crippen molar-refractivity contribution in [2.24, 2.45) is 0 Å². The van der Waals surface area contributed by atoms with Gasteiger partial charge in [-0.1, -0.05) is 30.3 Å². The maximum atomic E-state index is 12.0. The van der Waals surface area contributed by atoms with Crippen molar-refractivity contribution in [3.63, 3.8) is 0 Å². The van der Waals surface area contributed by atoms with Crippen LogP contribution < -0.4 is 10.6 Å². The van der Waals surface area contributed by atoms with Crippen molar-refractivity contribution in [3.05, 3.63) is 35.9 Å². The van der Waals surface area contributed by atoms with Gasteiger partial charge in [-0.3, -0.25) is 4.79 Å². The summed E-state index contributed by atoms with van der Waals surface area (Å²) < 4.78 is 10.2. The minimum atomic E-state index is -0.555. The third-order valence-corrected chi connectivity index (χ3v) is 2.66. The van der Waals surface area contributed by atoms with Crippen molar-refractivity contribution < 1.29 is 14.3 Å². The van der Waals surface area contributed by atoms with Gasteiger partial charge >= 0.3 is 0 Å². The topological polar surface area (TPSA) is 59.6 Å². The SMILES string of the molecule is COCCNCCNC(=O)C(OC)c1ccccc1. The highest BCUT2D eigenvalue weighted by molar-refractivity contribution is 5.82. The zero-order valence-corrected chi connectivity index (χ0v) is 11.5. The maximum Gasteiger partial charge on any atom is 0.253 e. The van der Waals surface area contributed by atoms with Crippen LogP contribution in [0.1, 0.15) is 11.7 Å². The number of amides is 1. The lowest BCUT2D eigenvalue weighted by Crippen LogP contribution is -2.36. The molecule has 0 aliphatic rings. The van der Waals surface area contributed by atoms with Gasteiger partial charge in [0.15, 0.2) is 6.10 Å². The van der Waals surface area contributed by atoms with Crippen molar-refractivity contribution in [3.8, 4) is 0 Å². The Morgan fingerprint density at radius 1 is 1.16 bits per heavy atom. The van der Waals surface area contributed by atoms with Gasteiger partial charge in [0.05, 0.1) is 6.61 Å². The third-order valence-electron chi connectivity index (χ3n) is 2.66. The zero-order chi connectivity index (χ0) is 13.9. The van der Waals surface area contributed by atoms with Gasteiger partial charge in [0.2, 0.25) is 0 Å². The van der Waals surface area contributed by atoms with Crippen LogP contribution in [0.3, 0.4) is 0 Å². The molecule has 0 bridgehead atoms. The molecule has 0 aliphatic heterocycles. The molecule has 1 rings (SSSR count). The number of nitrogens with one attached hydrogen (secondary N) is 2. The highest BCUT2D eigenvalue weighted by Gasteiger charge is 2.18. The van der Waals surface area contributed by atoms with Crippen LogP contribution in [-0.4, -0.2) is 46.4 Å². The highest BCUT2D eigenvalue weighted by atomic mass is 16.5. The molecule has 0 saturated carbocycles. The van der Waals surface area contributed by atoms with Crippen molar-refractivity contribution in [2.75, 3.05) is 40.5 Å². The molecule has 19 heavy (non-hydrogen) atoms. The van der Waals surface area contributed by atoms with Crippen LogP contribution in [0.25, 0.3) is 0 Å². The van der Waals surface area contributed by atoms with Gasteiger partial charge in [-0.2, -0.15) is 0 Å². The largest absolute Gasteiger partial charge is 0.383 e. The summed E-state index contributed by atoms with van der Waals surface area (Å²) in [5.74, 6) is -0.123. The van der Waals surface area contributed by atoms with Gasteiger partial charge in [0, 0.05) is 33.9 Å². The van der Waals surface area contributed by atoms with E-state index in [-0.39, 0.29) is 5.91 Å². The fourth-order valence-corrected chi connectivity index (χ4v) is 1.69. The van der Waals surface area contributed by atoms with Crippen LogP contribution >= 0.6 is 0 Å². The monoisotopic (exact) mass is 266 g/mol. The third kappa shape index (κ3) is 5.83. The van der Waals surface area contributed by atoms with E-state index in [1.165, 1.54) is 7.11 Å². The molecule has 0 spiro atoms. The van der Waals surface area contributed by atoms with Crippen molar-refractivity contribution in [1.82, 2.24) is 10.6 Å². The average Bonchev–Trinajstić information content (AvgIpc) is 2.45. The molecule has 1 aromatic rings. The van der Waals surface area contributed by atoms with Crippen LogP contribution in [0.2, 0.25) is 0 Å². The Bertz CT molecular complexity index is 357.